The van der Waals surface area contributed by atoms with Gasteiger partial charge >= 0.3 is 0 Å². The van der Waals surface area contributed by atoms with E-state index in [0.717, 1.165) is 17.5 Å². The van der Waals surface area contributed by atoms with Crippen LogP contribution in [0.25, 0.3) is 0 Å². The van der Waals surface area contributed by atoms with Gasteiger partial charge in [0, 0.05) is 17.7 Å². The third-order valence-corrected chi connectivity index (χ3v) is 4.77. The minimum absolute atomic E-state index is 0.000934. The number of nitrogens with one attached hydrogen (secondary N) is 1. The van der Waals surface area contributed by atoms with Crippen LogP contribution in [0.3, 0.4) is 0 Å². The maximum Gasteiger partial charge on any atom is 0.268 e. The Kier molecular flexibility index (Phi) is 6.01. The number of Topliss-reactive ketones (excluding diaryl/α,β-unsaturated/α-hetero) is 1. The Morgan fingerprint density at radius 2 is 1.79 bits per heavy atom. The van der Waals surface area contributed by atoms with Crippen molar-refractivity contribution in [1.82, 2.24) is 0 Å². The molecule has 1 N–H and O–H groups in total. The van der Waals surface area contributed by atoms with Crippen molar-refractivity contribution in [2.45, 2.75) is 46.6 Å². The van der Waals surface area contributed by atoms with E-state index in [1.54, 1.807) is 25.1 Å². The number of amides is 2. The Morgan fingerprint density at radius 3 is 2.45 bits per heavy atom. The molecule has 3 rings (SSSR count). The molecule has 29 heavy (non-hydrogen) atoms. The van der Waals surface area contributed by atoms with E-state index in [4.69, 9.17) is 4.74 Å². The standard InChI is InChI=1S/C23H26N2O4/c1-5-6-20(26)17-7-8-21-19(12-17)25(23(28)16(4)29-21)13-22(27)24-18-10-14(2)9-15(3)11-18/h7-12,16H,5-6,13H2,1-4H3,(H,24,27). The first-order chi connectivity index (χ1) is 13.8. The van der Waals surface area contributed by atoms with Gasteiger partial charge < -0.3 is 10.1 Å². The Hall–Kier alpha value is -3.15. The summed E-state index contributed by atoms with van der Waals surface area (Å²) >= 11 is 0. The number of nitrogens with zero attached hydrogens (tertiary/aromatic N) is 1. The van der Waals surface area contributed by atoms with E-state index in [9.17, 15) is 14.4 Å². The second-order valence-corrected chi connectivity index (χ2v) is 7.46. The predicted octanol–water partition coefficient (Wildman–Crippen LogP) is 4.04. The fourth-order valence-corrected chi connectivity index (χ4v) is 3.51. The first-order valence-corrected chi connectivity index (χ1v) is 9.82. The summed E-state index contributed by atoms with van der Waals surface area (Å²) in [5.41, 5.74) is 3.73. The highest BCUT2D eigenvalue weighted by Gasteiger charge is 2.33. The molecule has 0 aliphatic carbocycles. The molecule has 0 bridgehead atoms. The zero-order valence-electron chi connectivity index (χ0n) is 17.2. The average molecular weight is 394 g/mol. The number of hydrogen-bond acceptors (Lipinski definition) is 4. The molecule has 2 aromatic rings. The molecule has 0 fully saturated rings. The third kappa shape index (κ3) is 4.65. The predicted molar refractivity (Wildman–Crippen MR) is 113 cm³/mol. The molecule has 1 aliphatic rings. The number of carbonyl (C=O) groups is 3. The van der Waals surface area contributed by atoms with E-state index in [1.807, 2.05) is 39.0 Å². The quantitative estimate of drug-likeness (QED) is 0.751. The van der Waals surface area contributed by atoms with E-state index in [0.29, 0.717) is 29.1 Å². The SMILES string of the molecule is CCCC(=O)c1ccc2c(c1)N(CC(=O)Nc1cc(C)cc(C)c1)C(=O)C(C)O2. The lowest BCUT2D eigenvalue weighted by molar-refractivity contribution is -0.127. The maximum atomic E-state index is 12.7. The van der Waals surface area contributed by atoms with E-state index in [-0.39, 0.29) is 24.1 Å². The molecular weight excluding hydrogens is 368 g/mol. The van der Waals surface area contributed by atoms with E-state index in [2.05, 4.69) is 5.32 Å². The highest BCUT2D eigenvalue weighted by Crippen LogP contribution is 2.35. The van der Waals surface area contributed by atoms with Gasteiger partial charge in [-0.15, -0.1) is 0 Å². The van der Waals surface area contributed by atoms with Crippen LogP contribution in [-0.4, -0.2) is 30.2 Å². The van der Waals surface area contributed by atoms with Gasteiger partial charge in [-0.25, -0.2) is 0 Å². The second kappa shape index (κ2) is 8.47. The van der Waals surface area contributed by atoms with Crippen molar-refractivity contribution < 1.29 is 19.1 Å². The third-order valence-electron chi connectivity index (χ3n) is 4.77. The minimum atomic E-state index is -0.700. The molecule has 1 atom stereocenters. The van der Waals surface area contributed by atoms with Gasteiger partial charge in [0.05, 0.1) is 5.69 Å². The molecule has 2 amide bonds. The van der Waals surface area contributed by atoms with Crippen LogP contribution in [0.15, 0.2) is 36.4 Å². The summed E-state index contributed by atoms with van der Waals surface area (Å²) in [7, 11) is 0. The van der Waals surface area contributed by atoms with Gasteiger partial charge in [-0.2, -0.15) is 0 Å². The molecule has 1 aliphatic heterocycles. The Balaban J connectivity index is 1.86. The van der Waals surface area contributed by atoms with Gasteiger partial charge in [-0.05, 0) is 68.7 Å². The van der Waals surface area contributed by atoms with Crippen molar-refractivity contribution in [3.8, 4) is 5.75 Å². The Bertz CT molecular complexity index is 947. The monoisotopic (exact) mass is 394 g/mol. The van der Waals surface area contributed by atoms with E-state index < -0.39 is 6.10 Å². The molecule has 0 radical (unpaired) electrons. The van der Waals surface area contributed by atoms with E-state index in [1.165, 1.54) is 4.90 Å². The number of aryl methyl sites for hydroxylation is 2. The van der Waals surface area contributed by atoms with Crippen LogP contribution in [0.4, 0.5) is 11.4 Å². The van der Waals surface area contributed by atoms with Crippen molar-refractivity contribution in [1.29, 1.82) is 0 Å². The number of anilines is 2. The van der Waals surface area contributed by atoms with Gasteiger partial charge in [0.1, 0.15) is 12.3 Å². The molecule has 6 heteroatoms. The van der Waals surface area contributed by atoms with Crippen molar-refractivity contribution in [2.75, 3.05) is 16.8 Å². The lowest BCUT2D eigenvalue weighted by Gasteiger charge is -2.32. The van der Waals surface area contributed by atoms with Crippen molar-refractivity contribution in [2.24, 2.45) is 0 Å². The molecule has 1 unspecified atom stereocenters. The molecule has 6 nitrogen and oxygen atoms in total. The largest absolute Gasteiger partial charge is 0.479 e. The maximum absolute atomic E-state index is 12.7. The fraction of sp³-hybridized carbons (Fsp3) is 0.348. The zero-order valence-corrected chi connectivity index (χ0v) is 17.2. The van der Waals surface area contributed by atoms with Gasteiger partial charge in [0.25, 0.3) is 5.91 Å². The number of benzene rings is 2. The van der Waals surface area contributed by atoms with Crippen molar-refractivity contribution in [3.05, 3.63) is 53.1 Å². The van der Waals surface area contributed by atoms with Crippen molar-refractivity contribution >= 4 is 29.0 Å². The van der Waals surface area contributed by atoms with Gasteiger partial charge in [-0.1, -0.05) is 13.0 Å². The highest BCUT2D eigenvalue weighted by atomic mass is 16.5. The number of hydrogen-bond donors (Lipinski definition) is 1. The zero-order chi connectivity index (χ0) is 21.1. The topological polar surface area (TPSA) is 75.7 Å². The van der Waals surface area contributed by atoms with Crippen LogP contribution in [0.1, 0.15) is 48.2 Å². The number of rotatable bonds is 6. The molecule has 0 saturated carbocycles. The summed E-state index contributed by atoms with van der Waals surface area (Å²) in [6.45, 7) is 7.35. The molecule has 152 valence electrons. The number of carbonyl (C=O) groups excluding carboxylic acids is 3. The Morgan fingerprint density at radius 1 is 1.10 bits per heavy atom. The second-order valence-electron chi connectivity index (χ2n) is 7.46. The summed E-state index contributed by atoms with van der Waals surface area (Å²) in [4.78, 5) is 39.1. The summed E-state index contributed by atoms with van der Waals surface area (Å²) in [6.07, 6.45) is 0.468. The van der Waals surface area contributed by atoms with Crippen LogP contribution < -0.4 is 15.0 Å². The Labute approximate surface area is 170 Å². The average Bonchev–Trinajstić information content (AvgIpc) is 2.64. The van der Waals surface area contributed by atoms with Crippen LogP contribution in [0.5, 0.6) is 5.75 Å². The molecule has 2 aromatic carbocycles. The summed E-state index contributed by atoms with van der Waals surface area (Å²) in [5, 5.41) is 2.85. The lowest BCUT2D eigenvalue weighted by Crippen LogP contribution is -2.47. The van der Waals surface area contributed by atoms with E-state index >= 15 is 0 Å². The summed E-state index contributed by atoms with van der Waals surface area (Å²) in [5.74, 6) is -0.132. The molecule has 1 heterocycles. The molecular formula is C23H26N2O4. The summed E-state index contributed by atoms with van der Waals surface area (Å²) in [6, 6.07) is 10.8. The van der Waals surface area contributed by atoms with Crippen molar-refractivity contribution in [3.63, 3.8) is 0 Å². The number of ether oxygens (including phenoxy) is 1. The smallest absolute Gasteiger partial charge is 0.268 e. The normalized spacial score (nSPS) is 15.5. The first kappa shape index (κ1) is 20.6. The number of ketones is 1. The highest BCUT2D eigenvalue weighted by molar-refractivity contribution is 6.07. The van der Waals surface area contributed by atoms with Crippen LogP contribution in [0.2, 0.25) is 0 Å². The number of fused-ring (bicyclic) bond motifs is 1. The summed E-state index contributed by atoms with van der Waals surface area (Å²) < 4.78 is 5.67. The molecule has 0 saturated heterocycles. The minimum Gasteiger partial charge on any atom is -0.479 e. The molecule has 0 spiro atoms. The van der Waals surface area contributed by atoms with Gasteiger partial charge in [-0.3, -0.25) is 19.3 Å². The first-order valence-electron chi connectivity index (χ1n) is 9.82. The van der Waals surface area contributed by atoms with Crippen LogP contribution in [0, 0.1) is 13.8 Å². The van der Waals surface area contributed by atoms with Gasteiger partial charge in [0.15, 0.2) is 11.9 Å². The van der Waals surface area contributed by atoms with Crippen LogP contribution >= 0.6 is 0 Å². The van der Waals surface area contributed by atoms with Gasteiger partial charge in [0.2, 0.25) is 5.91 Å². The van der Waals surface area contributed by atoms with Crippen LogP contribution in [-0.2, 0) is 9.59 Å². The molecule has 0 aromatic heterocycles. The lowest BCUT2D eigenvalue weighted by atomic mass is 10.0. The fourth-order valence-electron chi connectivity index (χ4n) is 3.51.